The van der Waals surface area contributed by atoms with Crippen LogP contribution in [-0.4, -0.2) is 27.0 Å². The van der Waals surface area contributed by atoms with Crippen molar-refractivity contribution in [3.05, 3.63) is 40.9 Å². The van der Waals surface area contributed by atoms with Crippen molar-refractivity contribution in [1.82, 2.24) is 0 Å². The summed E-state index contributed by atoms with van der Waals surface area (Å²) in [5, 5.41) is 0.0478. The van der Waals surface area contributed by atoms with E-state index in [0.29, 0.717) is 0 Å². The molecule has 23 heavy (non-hydrogen) atoms. The molecular weight excluding hydrogens is 361 g/mol. The number of hydrogen-bond acceptors (Lipinski definition) is 5. The van der Waals surface area contributed by atoms with Crippen LogP contribution in [0.1, 0.15) is 10.4 Å². The Kier molecular flexibility index (Phi) is 4.45. The largest absolute Gasteiger partial charge is 0.534 e. The molecule has 0 N–H and O–H groups in total. The molecule has 10 heteroatoms. The molecule has 0 heterocycles. The number of fused-ring (bicyclic) bond motifs is 1. The lowest BCUT2D eigenvalue weighted by atomic mass is 10.0. The van der Waals surface area contributed by atoms with Crippen molar-refractivity contribution in [2.24, 2.45) is 0 Å². The second kappa shape index (κ2) is 5.89. The van der Waals surface area contributed by atoms with E-state index in [-0.39, 0.29) is 21.4 Å². The Morgan fingerprint density at radius 1 is 1.13 bits per heavy atom. The van der Waals surface area contributed by atoms with E-state index in [4.69, 9.17) is 11.6 Å². The van der Waals surface area contributed by atoms with Crippen molar-refractivity contribution in [3.8, 4) is 5.75 Å². The van der Waals surface area contributed by atoms with Gasteiger partial charge in [0.1, 0.15) is 0 Å². The minimum atomic E-state index is -5.85. The number of rotatable bonds is 3. The van der Waals surface area contributed by atoms with Crippen LogP contribution in [-0.2, 0) is 14.9 Å². The Morgan fingerprint density at radius 2 is 1.78 bits per heavy atom. The lowest BCUT2D eigenvalue weighted by molar-refractivity contribution is -0.0500. The fourth-order valence-corrected chi connectivity index (χ4v) is 2.60. The molecule has 0 aliphatic rings. The number of carbonyl (C=O) groups is 1. The van der Waals surface area contributed by atoms with Crippen molar-refractivity contribution >= 4 is 38.5 Å². The number of methoxy groups -OCH3 is 1. The van der Waals surface area contributed by atoms with E-state index in [2.05, 4.69) is 8.92 Å². The van der Waals surface area contributed by atoms with Gasteiger partial charge < -0.3 is 8.92 Å². The van der Waals surface area contributed by atoms with Crippen LogP contribution in [0.25, 0.3) is 10.8 Å². The molecule has 2 aromatic rings. The highest BCUT2D eigenvalue weighted by Gasteiger charge is 2.48. The van der Waals surface area contributed by atoms with Crippen LogP contribution >= 0.6 is 11.6 Å². The Morgan fingerprint density at radius 3 is 2.35 bits per heavy atom. The number of alkyl halides is 3. The van der Waals surface area contributed by atoms with Crippen molar-refractivity contribution in [2.45, 2.75) is 5.51 Å². The van der Waals surface area contributed by atoms with Gasteiger partial charge in [0.05, 0.1) is 17.7 Å². The monoisotopic (exact) mass is 368 g/mol. The van der Waals surface area contributed by atoms with E-state index in [9.17, 15) is 26.4 Å². The van der Waals surface area contributed by atoms with Crippen LogP contribution in [0.3, 0.4) is 0 Å². The SMILES string of the molecule is COC(=O)c1cccc2c(Cl)c(OS(=O)(=O)C(F)(F)F)ccc12. The predicted octanol–water partition coefficient (Wildman–Crippen LogP) is 3.51. The average Bonchev–Trinajstić information content (AvgIpc) is 2.47. The van der Waals surface area contributed by atoms with E-state index < -0.39 is 27.3 Å². The molecular formula is C13H8ClF3O5S. The van der Waals surface area contributed by atoms with Gasteiger partial charge >= 0.3 is 21.6 Å². The summed E-state index contributed by atoms with van der Waals surface area (Å²) in [6, 6.07) is 6.40. The molecule has 0 saturated heterocycles. The normalized spacial score (nSPS) is 12.2. The summed E-state index contributed by atoms with van der Waals surface area (Å²) in [4.78, 5) is 11.6. The van der Waals surface area contributed by atoms with Crippen LogP contribution < -0.4 is 4.18 Å². The summed E-state index contributed by atoms with van der Waals surface area (Å²) in [5.74, 6) is -1.37. The van der Waals surface area contributed by atoms with E-state index in [1.165, 1.54) is 24.3 Å². The molecule has 0 aliphatic carbocycles. The molecule has 2 rings (SSSR count). The van der Waals surface area contributed by atoms with Gasteiger partial charge in [-0.2, -0.15) is 21.6 Å². The van der Waals surface area contributed by atoms with Gasteiger partial charge in [0, 0.05) is 5.39 Å². The Hall–Kier alpha value is -2.00. The zero-order valence-electron chi connectivity index (χ0n) is 11.3. The summed E-state index contributed by atoms with van der Waals surface area (Å²) in [6.45, 7) is 0. The third-order valence-electron chi connectivity index (χ3n) is 2.85. The van der Waals surface area contributed by atoms with Crippen LogP contribution in [0.2, 0.25) is 5.02 Å². The Bertz CT molecular complexity index is 877. The molecule has 0 saturated carbocycles. The first-order valence-corrected chi connectivity index (χ1v) is 7.67. The summed E-state index contributed by atoms with van der Waals surface area (Å²) >= 11 is 5.91. The molecule has 0 aliphatic heterocycles. The predicted molar refractivity (Wildman–Crippen MR) is 75.9 cm³/mol. The molecule has 0 bridgehead atoms. The maximum Gasteiger partial charge on any atom is 0.534 e. The fourth-order valence-electron chi connectivity index (χ4n) is 1.82. The standard InChI is InChI=1S/C13H8ClF3O5S/c1-21-12(18)9-4-2-3-8-7(9)5-6-10(11(8)14)22-23(19,20)13(15,16)17/h2-6H,1H3. The van der Waals surface area contributed by atoms with Gasteiger partial charge in [-0.3, -0.25) is 0 Å². The summed E-state index contributed by atoms with van der Waals surface area (Å²) in [5.41, 5.74) is -5.46. The van der Waals surface area contributed by atoms with Crippen LogP contribution in [0.4, 0.5) is 13.2 Å². The number of esters is 1. The maximum absolute atomic E-state index is 12.4. The van der Waals surface area contributed by atoms with Gasteiger partial charge in [0.2, 0.25) is 0 Å². The molecule has 0 aromatic heterocycles. The number of hydrogen-bond donors (Lipinski definition) is 0. The maximum atomic E-state index is 12.4. The third-order valence-corrected chi connectivity index (χ3v) is 4.20. The lowest BCUT2D eigenvalue weighted by Crippen LogP contribution is -2.28. The van der Waals surface area contributed by atoms with Gasteiger partial charge in [-0.25, -0.2) is 4.79 Å². The summed E-state index contributed by atoms with van der Waals surface area (Å²) in [6.07, 6.45) is 0. The van der Waals surface area contributed by atoms with E-state index in [1.54, 1.807) is 0 Å². The fraction of sp³-hybridized carbons (Fsp3) is 0.154. The third kappa shape index (κ3) is 3.20. The molecule has 5 nitrogen and oxygen atoms in total. The number of halogens is 4. The van der Waals surface area contributed by atoms with Gasteiger partial charge in [-0.15, -0.1) is 0 Å². The smallest absolute Gasteiger partial charge is 0.465 e. The second-order valence-electron chi connectivity index (χ2n) is 4.25. The van der Waals surface area contributed by atoms with Crippen molar-refractivity contribution in [1.29, 1.82) is 0 Å². The number of carbonyl (C=O) groups excluding carboxylic acids is 1. The Labute approximate surface area is 133 Å². The quantitative estimate of drug-likeness (QED) is 0.471. The highest BCUT2D eigenvalue weighted by atomic mass is 35.5. The van der Waals surface area contributed by atoms with E-state index in [0.717, 1.165) is 13.2 Å². The van der Waals surface area contributed by atoms with Crippen molar-refractivity contribution in [3.63, 3.8) is 0 Å². The molecule has 0 fully saturated rings. The average molecular weight is 369 g/mol. The Balaban J connectivity index is 2.59. The van der Waals surface area contributed by atoms with Crippen LogP contribution in [0.15, 0.2) is 30.3 Å². The number of benzene rings is 2. The zero-order valence-corrected chi connectivity index (χ0v) is 12.9. The van der Waals surface area contributed by atoms with Gasteiger partial charge in [0.25, 0.3) is 0 Å². The second-order valence-corrected chi connectivity index (χ2v) is 6.17. The highest BCUT2D eigenvalue weighted by molar-refractivity contribution is 7.88. The van der Waals surface area contributed by atoms with Gasteiger partial charge in [-0.05, 0) is 23.6 Å². The minimum absolute atomic E-state index is 0.122. The molecule has 0 spiro atoms. The first-order valence-electron chi connectivity index (χ1n) is 5.89. The molecule has 124 valence electrons. The first-order chi connectivity index (χ1) is 10.6. The topological polar surface area (TPSA) is 69.7 Å². The highest BCUT2D eigenvalue weighted by Crippen LogP contribution is 2.37. The lowest BCUT2D eigenvalue weighted by Gasteiger charge is -2.12. The van der Waals surface area contributed by atoms with Crippen molar-refractivity contribution in [2.75, 3.05) is 7.11 Å². The number of ether oxygens (including phenoxy) is 1. The van der Waals surface area contributed by atoms with E-state index >= 15 is 0 Å². The molecule has 2 aromatic carbocycles. The summed E-state index contributed by atoms with van der Waals surface area (Å²) in [7, 11) is -4.69. The van der Waals surface area contributed by atoms with Gasteiger partial charge in [0.15, 0.2) is 5.75 Å². The zero-order chi connectivity index (χ0) is 17.4. The molecule has 0 unspecified atom stereocenters. The molecule has 0 radical (unpaired) electrons. The van der Waals surface area contributed by atoms with E-state index in [1.807, 2.05) is 0 Å². The van der Waals surface area contributed by atoms with Crippen LogP contribution in [0, 0.1) is 0 Å². The molecule has 0 amide bonds. The first kappa shape index (κ1) is 17.4. The minimum Gasteiger partial charge on any atom is -0.465 e. The van der Waals surface area contributed by atoms with Gasteiger partial charge in [-0.1, -0.05) is 23.7 Å². The molecule has 0 atom stereocenters. The van der Waals surface area contributed by atoms with Crippen molar-refractivity contribution < 1.29 is 35.3 Å². The van der Waals surface area contributed by atoms with Crippen LogP contribution in [0.5, 0.6) is 5.75 Å². The summed E-state index contributed by atoms with van der Waals surface area (Å²) < 4.78 is 67.8.